The van der Waals surface area contributed by atoms with Gasteiger partial charge in [0.2, 0.25) is 5.91 Å². The Kier molecular flexibility index (Phi) is 7.36. The van der Waals surface area contributed by atoms with E-state index in [-0.39, 0.29) is 12.0 Å². The second-order valence-electron chi connectivity index (χ2n) is 4.52. The molecule has 0 bridgehead atoms. The quantitative estimate of drug-likeness (QED) is 0.572. The molecule has 0 saturated carbocycles. The molecule has 0 saturated heterocycles. The van der Waals surface area contributed by atoms with Gasteiger partial charge in [0.15, 0.2) is 0 Å². The molecule has 0 fully saturated rings. The fourth-order valence-corrected chi connectivity index (χ4v) is 1.84. The van der Waals surface area contributed by atoms with Crippen LogP contribution in [0, 0.1) is 0 Å². The highest BCUT2D eigenvalue weighted by atomic mass is 35.5. The minimum absolute atomic E-state index is 0.0370. The predicted octanol–water partition coefficient (Wildman–Crippen LogP) is 2.69. The van der Waals surface area contributed by atoms with Crippen LogP contribution in [0.2, 0.25) is 5.02 Å². The monoisotopic (exact) mass is 300 g/mol. The summed E-state index contributed by atoms with van der Waals surface area (Å²) in [5.41, 5.74) is 6.79. The van der Waals surface area contributed by atoms with E-state index in [4.69, 9.17) is 26.8 Å². The van der Waals surface area contributed by atoms with E-state index in [2.05, 4.69) is 5.32 Å². The number of carbonyl (C=O) groups is 1. The van der Waals surface area contributed by atoms with Gasteiger partial charge in [0.1, 0.15) is 0 Å². The van der Waals surface area contributed by atoms with Gasteiger partial charge >= 0.3 is 0 Å². The molecule has 1 amide bonds. The second-order valence-corrected chi connectivity index (χ2v) is 4.96. The van der Waals surface area contributed by atoms with Crippen LogP contribution in [0.3, 0.4) is 0 Å². The average Bonchev–Trinajstić information content (AvgIpc) is 2.38. The summed E-state index contributed by atoms with van der Waals surface area (Å²) in [5.74, 6) is -0.0954. The third-order valence-corrected chi connectivity index (χ3v) is 2.87. The first kappa shape index (κ1) is 16.8. The fourth-order valence-electron chi connectivity index (χ4n) is 1.66. The van der Waals surface area contributed by atoms with Gasteiger partial charge in [0.05, 0.1) is 24.1 Å². The third-order valence-electron chi connectivity index (χ3n) is 2.64. The summed E-state index contributed by atoms with van der Waals surface area (Å²) in [6, 6.07) is 4.97. The SMILES string of the molecule is COCC(C)OCCCC(=O)Nc1ccc(Cl)cc1N. The van der Waals surface area contributed by atoms with Crippen LogP contribution in [0.4, 0.5) is 11.4 Å². The molecule has 1 aromatic rings. The number of hydrogen-bond acceptors (Lipinski definition) is 4. The zero-order valence-electron chi connectivity index (χ0n) is 11.8. The fraction of sp³-hybridized carbons (Fsp3) is 0.500. The van der Waals surface area contributed by atoms with Crippen molar-refractivity contribution < 1.29 is 14.3 Å². The van der Waals surface area contributed by atoms with Crippen LogP contribution in [-0.4, -0.2) is 32.3 Å². The number of nitrogens with one attached hydrogen (secondary N) is 1. The van der Waals surface area contributed by atoms with Crippen molar-refractivity contribution in [3.63, 3.8) is 0 Å². The number of nitrogens with two attached hydrogens (primary N) is 1. The molecule has 0 heterocycles. The normalized spacial score (nSPS) is 12.2. The Bertz CT molecular complexity index is 440. The highest BCUT2D eigenvalue weighted by Crippen LogP contribution is 2.22. The van der Waals surface area contributed by atoms with Gasteiger partial charge < -0.3 is 20.5 Å². The maximum Gasteiger partial charge on any atom is 0.224 e. The summed E-state index contributed by atoms with van der Waals surface area (Å²) in [6.45, 7) is 3.00. The Balaban J connectivity index is 2.26. The molecular weight excluding hydrogens is 280 g/mol. The predicted molar refractivity (Wildman–Crippen MR) is 81.0 cm³/mol. The number of methoxy groups -OCH3 is 1. The van der Waals surface area contributed by atoms with E-state index < -0.39 is 0 Å². The maximum absolute atomic E-state index is 11.7. The molecule has 0 aliphatic carbocycles. The maximum atomic E-state index is 11.7. The van der Waals surface area contributed by atoms with Gasteiger partial charge in [0.25, 0.3) is 0 Å². The summed E-state index contributed by atoms with van der Waals surface area (Å²) < 4.78 is 10.4. The molecule has 0 aromatic heterocycles. The first-order valence-electron chi connectivity index (χ1n) is 6.48. The largest absolute Gasteiger partial charge is 0.397 e. The standard InChI is InChI=1S/C14H21ClN2O3/c1-10(9-19-2)20-7-3-4-14(18)17-13-6-5-11(15)8-12(13)16/h5-6,8,10H,3-4,7,9,16H2,1-2H3,(H,17,18). The smallest absolute Gasteiger partial charge is 0.224 e. The molecule has 0 aliphatic heterocycles. The summed E-state index contributed by atoms with van der Waals surface area (Å²) in [7, 11) is 1.63. The van der Waals surface area contributed by atoms with Crippen molar-refractivity contribution in [2.24, 2.45) is 0 Å². The number of nitrogen functional groups attached to an aromatic ring is 1. The van der Waals surface area contributed by atoms with Gasteiger partial charge in [-0.25, -0.2) is 0 Å². The van der Waals surface area contributed by atoms with E-state index in [1.807, 2.05) is 6.92 Å². The van der Waals surface area contributed by atoms with Crippen LogP contribution in [0.25, 0.3) is 0 Å². The number of carbonyl (C=O) groups excluding carboxylic acids is 1. The lowest BCUT2D eigenvalue weighted by molar-refractivity contribution is -0.116. The highest BCUT2D eigenvalue weighted by molar-refractivity contribution is 6.31. The molecule has 0 spiro atoms. The number of benzene rings is 1. The molecule has 0 aliphatic rings. The van der Waals surface area contributed by atoms with Gasteiger partial charge in [-0.1, -0.05) is 11.6 Å². The Hall–Kier alpha value is -1.30. The summed E-state index contributed by atoms with van der Waals surface area (Å²) >= 11 is 5.79. The zero-order chi connectivity index (χ0) is 15.0. The molecule has 1 unspecified atom stereocenters. The summed E-state index contributed by atoms with van der Waals surface area (Å²) in [5, 5.41) is 3.29. The van der Waals surface area contributed by atoms with Crippen molar-refractivity contribution in [2.75, 3.05) is 31.4 Å². The lowest BCUT2D eigenvalue weighted by atomic mass is 10.2. The van der Waals surface area contributed by atoms with Crippen molar-refractivity contribution in [3.8, 4) is 0 Å². The van der Waals surface area contributed by atoms with Crippen molar-refractivity contribution >= 4 is 28.9 Å². The number of ether oxygens (including phenoxy) is 2. The van der Waals surface area contributed by atoms with Crippen LogP contribution in [0.15, 0.2) is 18.2 Å². The van der Waals surface area contributed by atoms with Gasteiger partial charge in [0, 0.05) is 25.2 Å². The van der Waals surface area contributed by atoms with Gasteiger partial charge in [-0.2, -0.15) is 0 Å². The molecular formula is C14H21ClN2O3. The van der Waals surface area contributed by atoms with Gasteiger partial charge in [-0.05, 0) is 31.5 Å². The molecule has 3 N–H and O–H groups in total. The van der Waals surface area contributed by atoms with Crippen molar-refractivity contribution in [1.82, 2.24) is 0 Å². The van der Waals surface area contributed by atoms with Crippen LogP contribution in [-0.2, 0) is 14.3 Å². The van der Waals surface area contributed by atoms with Crippen LogP contribution in [0.1, 0.15) is 19.8 Å². The molecule has 1 aromatic carbocycles. The molecule has 1 atom stereocenters. The topological polar surface area (TPSA) is 73.6 Å². The number of halogens is 1. The summed E-state index contributed by atoms with van der Waals surface area (Å²) in [6.07, 6.45) is 1.06. The summed E-state index contributed by atoms with van der Waals surface area (Å²) in [4.78, 5) is 11.7. The lowest BCUT2D eigenvalue weighted by Crippen LogP contribution is -2.17. The first-order chi connectivity index (χ1) is 9.52. The van der Waals surface area contributed by atoms with E-state index in [9.17, 15) is 4.79 Å². The Labute approximate surface area is 124 Å². The van der Waals surface area contributed by atoms with Crippen LogP contribution >= 0.6 is 11.6 Å². The second kappa shape index (κ2) is 8.79. The average molecular weight is 301 g/mol. The highest BCUT2D eigenvalue weighted by Gasteiger charge is 2.06. The number of hydrogen-bond donors (Lipinski definition) is 2. The van der Waals surface area contributed by atoms with E-state index in [1.165, 1.54) is 0 Å². The Morgan fingerprint density at radius 2 is 2.25 bits per heavy atom. The zero-order valence-corrected chi connectivity index (χ0v) is 12.6. The molecule has 0 radical (unpaired) electrons. The third kappa shape index (κ3) is 6.23. The molecule has 6 heteroatoms. The molecule has 20 heavy (non-hydrogen) atoms. The van der Waals surface area contributed by atoms with E-state index >= 15 is 0 Å². The van der Waals surface area contributed by atoms with Gasteiger partial charge in [-0.15, -0.1) is 0 Å². The number of anilines is 2. The molecule has 1 rings (SSSR count). The number of rotatable bonds is 8. The molecule has 5 nitrogen and oxygen atoms in total. The van der Waals surface area contributed by atoms with Gasteiger partial charge in [-0.3, -0.25) is 4.79 Å². The van der Waals surface area contributed by atoms with Crippen LogP contribution < -0.4 is 11.1 Å². The number of amides is 1. The first-order valence-corrected chi connectivity index (χ1v) is 6.86. The van der Waals surface area contributed by atoms with Crippen molar-refractivity contribution in [3.05, 3.63) is 23.2 Å². The molecule has 112 valence electrons. The minimum atomic E-state index is -0.0954. The Morgan fingerprint density at radius 1 is 1.50 bits per heavy atom. The Morgan fingerprint density at radius 3 is 2.90 bits per heavy atom. The van der Waals surface area contributed by atoms with Crippen molar-refractivity contribution in [1.29, 1.82) is 0 Å². The van der Waals surface area contributed by atoms with Crippen molar-refractivity contribution in [2.45, 2.75) is 25.9 Å². The van der Waals surface area contributed by atoms with E-state index in [1.54, 1.807) is 25.3 Å². The minimum Gasteiger partial charge on any atom is -0.397 e. The van der Waals surface area contributed by atoms with E-state index in [0.717, 1.165) is 0 Å². The van der Waals surface area contributed by atoms with E-state index in [0.29, 0.717) is 42.5 Å². The van der Waals surface area contributed by atoms with Crippen LogP contribution in [0.5, 0.6) is 0 Å². The lowest BCUT2D eigenvalue weighted by Gasteiger charge is -2.12.